The molecule has 0 heterocycles. The topological polar surface area (TPSA) is 83.5 Å². The molecule has 0 aliphatic heterocycles. The van der Waals surface area contributed by atoms with Crippen molar-refractivity contribution in [2.75, 3.05) is 6.54 Å². The second kappa shape index (κ2) is 4.59. The van der Waals surface area contributed by atoms with Crippen LogP contribution in [-0.4, -0.2) is 18.3 Å². The maximum absolute atomic E-state index is 8.62. The van der Waals surface area contributed by atoms with E-state index in [0.29, 0.717) is 6.54 Å². The Bertz CT molecular complexity index is 261. The fourth-order valence-electron chi connectivity index (χ4n) is 0.685. The molecule has 0 unspecified atom stereocenters. The number of hydrogen-bond acceptors (Lipinski definition) is 4. The van der Waals surface area contributed by atoms with Crippen LogP contribution in [0.1, 0.15) is 20.8 Å². The Morgan fingerprint density at radius 2 is 2.00 bits per heavy atom. The Kier molecular flexibility index (Phi) is 4.10. The van der Waals surface area contributed by atoms with Gasteiger partial charge in [0.1, 0.15) is 17.8 Å². The molecule has 0 radical (unpaired) electrons. The number of rotatable bonds is 3. The van der Waals surface area contributed by atoms with Crippen LogP contribution in [0.15, 0.2) is 0 Å². The van der Waals surface area contributed by atoms with E-state index in [9.17, 15) is 0 Å². The first kappa shape index (κ1) is 11.6. The highest BCUT2D eigenvalue weighted by Gasteiger charge is 2.16. The minimum atomic E-state index is -0.774. The first-order chi connectivity index (χ1) is 5.90. The van der Waals surface area contributed by atoms with Gasteiger partial charge in [-0.3, -0.25) is 10.7 Å². The summed E-state index contributed by atoms with van der Waals surface area (Å²) in [5.41, 5.74) is -0.183. The number of nitrogens with zero attached hydrogens (tertiary/aromatic N) is 2. The van der Waals surface area contributed by atoms with Gasteiger partial charge < -0.3 is 0 Å². The third kappa shape index (κ3) is 4.95. The third-order valence-electron chi connectivity index (χ3n) is 1.37. The van der Waals surface area contributed by atoms with Gasteiger partial charge in [0.15, 0.2) is 0 Å². The highest BCUT2D eigenvalue weighted by atomic mass is 14.9. The van der Waals surface area contributed by atoms with E-state index in [1.54, 1.807) is 6.07 Å². The van der Waals surface area contributed by atoms with E-state index in [1.165, 1.54) is 0 Å². The van der Waals surface area contributed by atoms with Gasteiger partial charge in [0.05, 0.1) is 6.07 Å². The van der Waals surface area contributed by atoms with E-state index >= 15 is 0 Å². The predicted octanol–water partition coefficient (Wildman–Crippen LogP) is 1.06. The summed E-state index contributed by atoms with van der Waals surface area (Å²) in [5.74, 6) is 0. The molecule has 0 aliphatic carbocycles. The summed E-state index contributed by atoms with van der Waals surface area (Å²) < 4.78 is 0. The molecule has 0 saturated carbocycles. The average Bonchev–Trinajstić information content (AvgIpc) is 2.03. The van der Waals surface area contributed by atoms with Gasteiger partial charge in [-0.15, -0.1) is 0 Å². The minimum absolute atomic E-state index is 0.0465. The highest BCUT2D eigenvalue weighted by molar-refractivity contribution is 6.01. The van der Waals surface area contributed by atoms with Crippen LogP contribution in [0.25, 0.3) is 0 Å². The molecule has 4 heteroatoms. The van der Waals surface area contributed by atoms with Crippen molar-refractivity contribution in [3.05, 3.63) is 0 Å². The summed E-state index contributed by atoms with van der Waals surface area (Å²) in [5, 5.41) is 27.0. The maximum Gasteiger partial charge on any atom is 0.148 e. The molecule has 0 fully saturated rings. The monoisotopic (exact) mass is 178 g/mol. The van der Waals surface area contributed by atoms with Crippen LogP contribution in [0.4, 0.5) is 0 Å². The van der Waals surface area contributed by atoms with Crippen LogP contribution in [0.5, 0.6) is 0 Å². The maximum atomic E-state index is 8.62. The minimum Gasteiger partial charge on any atom is -0.296 e. The SMILES string of the molecule is CC(C)(C)CN[C@H](C#N)C(=N)C#N. The Hall–Kier alpha value is -1.39. The Labute approximate surface area is 78.7 Å². The zero-order valence-electron chi connectivity index (χ0n) is 8.18. The summed E-state index contributed by atoms with van der Waals surface area (Å²) >= 11 is 0. The molecule has 0 aromatic rings. The zero-order valence-corrected chi connectivity index (χ0v) is 8.18. The lowest BCUT2D eigenvalue weighted by molar-refractivity contribution is 0.381. The van der Waals surface area contributed by atoms with E-state index in [2.05, 4.69) is 5.32 Å². The fourth-order valence-corrected chi connectivity index (χ4v) is 0.685. The van der Waals surface area contributed by atoms with Gasteiger partial charge in [0.25, 0.3) is 0 Å². The molecule has 0 bridgehead atoms. The molecule has 0 spiro atoms. The molecule has 2 N–H and O–H groups in total. The molecule has 0 aliphatic rings. The summed E-state index contributed by atoms with van der Waals surface area (Å²) in [4.78, 5) is 0. The van der Waals surface area contributed by atoms with Gasteiger partial charge in [-0.25, -0.2) is 0 Å². The molecule has 0 aromatic heterocycles. The Morgan fingerprint density at radius 3 is 2.31 bits per heavy atom. The van der Waals surface area contributed by atoms with E-state index in [-0.39, 0.29) is 11.1 Å². The molecule has 4 nitrogen and oxygen atoms in total. The average molecular weight is 178 g/mol. The van der Waals surface area contributed by atoms with Crippen molar-refractivity contribution in [2.24, 2.45) is 5.41 Å². The number of hydrogen-bond donors (Lipinski definition) is 2. The summed E-state index contributed by atoms with van der Waals surface area (Å²) in [7, 11) is 0. The van der Waals surface area contributed by atoms with Gasteiger partial charge >= 0.3 is 0 Å². The molecule has 1 atom stereocenters. The number of nitriles is 2. The number of nitrogens with one attached hydrogen (secondary N) is 2. The molecule has 0 amide bonds. The Balaban J connectivity index is 4.13. The summed E-state index contributed by atoms with van der Waals surface area (Å²) in [6.45, 7) is 6.66. The quantitative estimate of drug-likeness (QED) is 0.634. The van der Waals surface area contributed by atoms with Crippen molar-refractivity contribution in [2.45, 2.75) is 26.8 Å². The van der Waals surface area contributed by atoms with E-state index < -0.39 is 6.04 Å². The molecule has 0 saturated heterocycles. The van der Waals surface area contributed by atoms with Crippen molar-refractivity contribution in [3.8, 4) is 12.1 Å². The molecule has 70 valence electrons. The van der Waals surface area contributed by atoms with Crippen molar-refractivity contribution < 1.29 is 0 Å². The Morgan fingerprint density at radius 1 is 1.46 bits per heavy atom. The fraction of sp³-hybridized carbons (Fsp3) is 0.667. The van der Waals surface area contributed by atoms with Crippen molar-refractivity contribution in [3.63, 3.8) is 0 Å². The van der Waals surface area contributed by atoms with E-state index in [0.717, 1.165) is 0 Å². The third-order valence-corrected chi connectivity index (χ3v) is 1.37. The van der Waals surface area contributed by atoms with Crippen LogP contribution >= 0.6 is 0 Å². The smallest absolute Gasteiger partial charge is 0.148 e. The van der Waals surface area contributed by atoms with Gasteiger partial charge in [0, 0.05) is 6.54 Å². The van der Waals surface area contributed by atoms with E-state index in [1.807, 2.05) is 26.8 Å². The van der Waals surface area contributed by atoms with E-state index in [4.69, 9.17) is 15.9 Å². The van der Waals surface area contributed by atoms with Gasteiger partial charge in [-0.05, 0) is 5.41 Å². The zero-order chi connectivity index (χ0) is 10.5. The molecule has 0 aromatic carbocycles. The molecule has 13 heavy (non-hydrogen) atoms. The molecule has 0 rings (SSSR count). The lowest BCUT2D eigenvalue weighted by atomic mass is 9.96. The lowest BCUT2D eigenvalue weighted by Gasteiger charge is -2.20. The van der Waals surface area contributed by atoms with Gasteiger partial charge in [-0.1, -0.05) is 20.8 Å². The lowest BCUT2D eigenvalue weighted by Crippen LogP contribution is -2.39. The largest absolute Gasteiger partial charge is 0.296 e. The van der Waals surface area contributed by atoms with Gasteiger partial charge in [0.2, 0.25) is 0 Å². The second-order valence-electron chi connectivity index (χ2n) is 4.03. The second-order valence-corrected chi connectivity index (χ2v) is 4.03. The first-order valence-electron chi connectivity index (χ1n) is 4.02. The van der Waals surface area contributed by atoms with Crippen LogP contribution in [0, 0.1) is 33.5 Å². The predicted molar refractivity (Wildman–Crippen MR) is 50.2 cm³/mol. The van der Waals surface area contributed by atoms with Crippen molar-refractivity contribution in [1.82, 2.24) is 5.32 Å². The normalized spacial score (nSPS) is 12.7. The molecular formula is C9H14N4. The summed E-state index contributed by atoms with van der Waals surface area (Å²) in [6.07, 6.45) is 0. The first-order valence-corrected chi connectivity index (χ1v) is 4.02. The van der Waals surface area contributed by atoms with Crippen molar-refractivity contribution in [1.29, 1.82) is 15.9 Å². The van der Waals surface area contributed by atoms with Gasteiger partial charge in [-0.2, -0.15) is 10.5 Å². The van der Waals surface area contributed by atoms with Crippen LogP contribution in [0.2, 0.25) is 0 Å². The standard InChI is InChI=1S/C9H14N4/c1-9(2,3)6-13-8(5-11)7(12)4-10/h8,12-13H,6H2,1-3H3/t8-/m1/s1. The highest BCUT2D eigenvalue weighted by Crippen LogP contribution is 2.10. The summed E-state index contributed by atoms with van der Waals surface area (Å²) in [6, 6.07) is 2.74. The van der Waals surface area contributed by atoms with Crippen LogP contribution in [-0.2, 0) is 0 Å². The van der Waals surface area contributed by atoms with Crippen LogP contribution < -0.4 is 5.32 Å². The van der Waals surface area contributed by atoms with Crippen molar-refractivity contribution >= 4 is 5.71 Å². The molecular weight excluding hydrogens is 164 g/mol. The van der Waals surface area contributed by atoms with Crippen LogP contribution in [0.3, 0.4) is 0 Å².